The number of halogens is 2. The predicted octanol–water partition coefficient (Wildman–Crippen LogP) is 4.28. The van der Waals surface area contributed by atoms with Crippen LogP contribution in [0.25, 0.3) is 11.0 Å². The summed E-state index contributed by atoms with van der Waals surface area (Å²) in [5.41, 5.74) is 2.11. The molecule has 7 nitrogen and oxygen atoms in total. The minimum atomic E-state index is -0.962. The summed E-state index contributed by atoms with van der Waals surface area (Å²) in [6.07, 6.45) is 3.06. The van der Waals surface area contributed by atoms with Gasteiger partial charge in [-0.1, -0.05) is 29.8 Å². The van der Waals surface area contributed by atoms with Gasteiger partial charge in [-0.05, 0) is 36.2 Å². The molecule has 0 aliphatic carbocycles. The molecular weight excluding hydrogens is 397 g/mol. The maximum absolute atomic E-state index is 13.9. The zero-order valence-corrected chi connectivity index (χ0v) is 16.3. The van der Waals surface area contributed by atoms with Gasteiger partial charge in [-0.25, -0.2) is 14.4 Å². The molecule has 0 saturated carbocycles. The van der Waals surface area contributed by atoms with Crippen LogP contribution in [0.15, 0.2) is 53.3 Å². The Labute approximate surface area is 170 Å². The Morgan fingerprint density at radius 3 is 2.90 bits per heavy atom. The van der Waals surface area contributed by atoms with E-state index in [0.717, 1.165) is 16.6 Å². The van der Waals surface area contributed by atoms with Gasteiger partial charge in [0.2, 0.25) is 5.95 Å². The van der Waals surface area contributed by atoms with Crippen molar-refractivity contribution in [2.24, 2.45) is 0 Å². The van der Waals surface area contributed by atoms with Crippen molar-refractivity contribution in [3.63, 3.8) is 0 Å². The zero-order chi connectivity index (χ0) is 20.4. The number of aromatic nitrogens is 3. The molecule has 0 aliphatic rings. The number of benzene rings is 2. The monoisotopic (exact) mass is 415 g/mol. The normalized spacial score (nSPS) is 13.4. The van der Waals surface area contributed by atoms with Crippen molar-refractivity contribution in [1.82, 2.24) is 15.0 Å². The van der Waals surface area contributed by atoms with Crippen LogP contribution in [-0.4, -0.2) is 26.7 Å². The highest BCUT2D eigenvalue weighted by Gasteiger charge is 2.28. The third-order valence-electron chi connectivity index (χ3n) is 4.73. The summed E-state index contributed by atoms with van der Waals surface area (Å²) in [6.45, 7) is 1.96. The molecule has 0 radical (unpaired) electrons. The molecule has 0 spiro atoms. The highest BCUT2D eigenvalue weighted by atomic mass is 35.5. The highest BCUT2D eigenvalue weighted by molar-refractivity contribution is 6.30. The minimum Gasteiger partial charge on any atom is -0.432 e. The number of hydrogen-bond acceptors (Lipinski definition) is 6. The molecule has 0 bridgehead atoms. The first kappa shape index (κ1) is 19.2. The average molecular weight is 416 g/mol. The maximum atomic E-state index is 13.9. The van der Waals surface area contributed by atoms with E-state index in [9.17, 15) is 9.50 Å². The summed E-state index contributed by atoms with van der Waals surface area (Å²) in [5, 5.41) is 16.3. The van der Waals surface area contributed by atoms with Crippen LogP contribution in [0.1, 0.15) is 18.1 Å². The SMILES string of the molecule is C[C@](CO)(Nc1nc2c(CNc3ncco3)cccc2[nH]1)c1ccc(Cl)c(F)c1. The summed E-state index contributed by atoms with van der Waals surface area (Å²) in [4.78, 5) is 11.9. The number of aliphatic hydroxyl groups excluding tert-OH is 1. The second kappa shape index (κ2) is 7.73. The molecule has 4 rings (SSSR count). The van der Waals surface area contributed by atoms with E-state index in [-0.39, 0.29) is 11.6 Å². The predicted molar refractivity (Wildman–Crippen MR) is 109 cm³/mol. The maximum Gasteiger partial charge on any atom is 0.294 e. The van der Waals surface area contributed by atoms with E-state index < -0.39 is 11.4 Å². The number of hydrogen-bond donors (Lipinski definition) is 4. The van der Waals surface area contributed by atoms with Gasteiger partial charge < -0.3 is 25.1 Å². The van der Waals surface area contributed by atoms with Gasteiger partial charge in [-0.2, -0.15) is 0 Å². The number of aliphatic hydroxyl groups is 1. The van der Waals surface area contributed by atoms with Gasteiger partial charge in [0.1, 0.15) is 12.1 Å². The Bertz CT molecular complexity index is 1130. The first-order valence-corrected chi connectivity index (χ1v) is 9.32. The summed E-state index contributed by atoms with van der Waals surface area (Å²) >= 11 is 5.78. The second-order valence-electron chi connectivity index (χ2n) is 6.83. The Hall–Kier alpha value is -3.10. The van der Waals surface area contributed by atoms with Gasteiger partial charge in [0, 0.05) is 6.54 Å². The van der Waals surface area contributed by atoms with Crippen LogP contribution in [0, 0.1) is 5.82 Å². The molecule has 4 aromatic rings. The van der Waals surface area contributed by atoms with Crippen LogP contribution in [0.2, 0.25) is 5.02 Å². The van der Waals surface area contributed by atoms with E-state index in [1.807, 2.05) is 18.2 Å². The third-order valence-corrected chi connectivity index (χ3v) is 5.03. The summed E-state index contributed by atoms with van der Waals surface area (Å²) in [5.74, 6) is -0.0920. The number of oxazole rings is 1. The molecule has 2 aromatic heterocycles. The number of anilines is 2. The topological polar surface area (TPSA) is 99.0 Å². The Morgan fingerprint density at radius 1 is 1.31 bits per heavy atom. The standard InChI is InChI=1S/C20H19ClFN5O2/c1-20(11-28,13-5-6-14(21)15(22)9-13)27-18-25-16-4-2-3-12(17(16)26-18)10-24-19-23-7-8-29-19/h2-9,28H,10-11H2,1H3,(H,23,24)(H2,25,26,27)/t20-/m1/s1. The number of H-pyrrole nitrogens is 1. The van der Waals surface area contributed by atoms with E-state index in [2.05, 4.69) is 25.6 Å². The molecule has 2 aromatic carbocycles. The summed E-state index contributed by atoms with van der Waals surface area (Å²) in [7, 11) is 0. The van der Waals surface area contributed by atoms with Gasteiger partial charge in [0.05, 0.1) is 34.4 Å². The number of nitrogens with one attached hydrogen (secondary N) is 3. The first-order chi connectivity index (χ1) is 14.0. The lowest BCUT2D eigenvalue weighted by molar-refractivity contribution is 0.223. The summed E-state index contributed by atoms with van der Waals surface area (Å²) < 4.78 is 19.1. The van der Waals surface area contributed by atoms with Crippen molar-refractivity contribution in [2.75, 3.05) is 17.2 Å². The van der Waals surface area contributed by atoms with Crippen molar-refractivity contribution in [3.05, 3.63) is 70.8 Å². The molecule has 0 unspecified atom stereocenters. The molecule has 2 heterocycles. The Kier molecular flexibility index (Phi) is 5.12. The third kappa shape index (κ3) is 3.90. The highest BCUT2D eigenvalue weighted by Crippen LogP contribution is 2.29. The number of imidazole rings is 1. The molecule has 0 aliphatic heterocycles. The molecule has 9 heteroatoms. The number of nitrogens with zero attached hydrogens (tertiary/aromatic N) is 2. The molecule has 150 valence electrons. The quantitative estimate of drug-likeness (QED) is 0.359. The molecule has 0 fully saturated rings. The van der Waals surface area contributed by atoms with E-state index in [1.165, 1.54) is 18.4 Å². The van der Waals surface area contributed by atoms with Crippen molar-refractivity contribution in [3.8, 4) is 0 Å². The fraction of sp³-hybridized carbons (Fsp3) is 0.200. The lowest BCUT2D eigenvalue weighted by Crippen LogP contribution is -2.36. The Balaban J connectivity index is 1.61. The van der Waals surface area contributed by atoms with E-state index >= 15 is 0 Å². The summed E-state index contributed by atoms with van der Waals surface area (Å²) in [6, 6.07) is 10.6. The van der Waals surface area contributed by atoms with Gasteiger partial charge in [0.25, 0.3) is 6.01 Å². The molecule has 0 saturated heterocycles. The van der Waals surface area contributed by atoms with Crippen LogP contribution in [-0.2, 0) is 12.1 Å². The molecular formula is C20H19ClFN5O2. The lowest BCUT2D eigenvalue weighted by Gasteiger charge is -2.29. The fourth-order valence-electron chi connectivity index (χ4n) is 3.08. The lowest BCUT2D eigenvalue weighted by atomic mass is 9.93. The van der Waals surface area contributed by atoms with Gasteiger partial charge >= 0.3 is 0 Å². The first-order valence-electron chi connectivity index (χ1n) is 8.94. The largest absolute Gasteiger partial charge is 0.432 e. The van der Waals surface area contributed by atoms with E-state index in [1.54, 1.807) is 19.2 Å². The fourth-order valence-corrected chi connectivity index (χ4v) is 3.20. The Morgan fingerprint density at radius 2 is 2.17 bits per heavy atom. The van der Waals surface area contributed by atoms with Crippen molar-refractivity contribution < 1.29 is 13.9 Å². The van der Waals surface area contributed by atoms with Crippen molar-refractivity contribution >= 4 is 34.6 Å². The van der Waals surface area contributed by atoms with E-state index in [0.29, 0.717) is 24.1 Å². The smallest absolute Gasteiger partial charge is 0.294 e. The molecule has 29 heavy (non-hydrogen) atoms. The minimum absolute atomic E-state index is 0.0287. The number of para-hydroxylation sites is 1. The number of fused-ring (bicyclic) bond motifs is 1. The van der Waals surface area contributed by atoms with Crippen LogP contribution < -0.4 is 10.6 Å². The van der Waals surface area contributed by atoms with Crippen molar-refractivity contribution in [1.29, 1.82) is 0 Å². The number of rotatable bonds is 7. The van der Waals surface area contributed by atoms with Crippen molar-refractivity contribution in [2.45, 2.75) is 19.0 Å². The van der Waals surface area contributed by atoms with Crippen LogP contribution in [0.5, 0.6) is 0 Å². The van der Waals surface area contributed by atoms with Crippen LogP contribution in [0.4, 0.5) is 16.4 Å². The number of aromatic amines is 1. The van der Waals surface area contributed by atoms with Gasteiger partial charge in [-0.15, -0.1) is 0 Å². The molecule has 0 amide bonds. The van der Waals surface area contributed by atoms with Crippen LogP contribution in [0.3, 0.4) is 0 Å². The van der Waals surface area contributed by atoms with Crippen LogP contribution >= 0.6 is 11.6 Å². The van der Waals surface area contributed by atoms with Gasteiger partial charge in [0.15, 0.2) is 0 Å². The molecule has 4 N–H and O–H groups in total. The van der Waals surface area contributed by atoms with E-state index in [4.69, 9.17) is 16.0 Å². The van der Waals surface area contributed by atoms with Gasteiger partial charge in [-0.3, -0.25) is 0 Å². The second-order valence-corrected chi connectivity index (χ2v) is 7.24. The zero-order valence-electron chi connectivity index (χ0n) is 15.5. The average Bonchev–Trinajstić information content (AvgIpc) is 3.37. The molecule has 1 atom stereocenters.